The summed E-state index contributed by atoms with van der Waals surface area (Å²) >= 11 is 0. The van der Waals surface area contributed by atoms with Gasteiger partial charge in [-0.3, -0.25) is 0 Å². The second-order valence-electron chi connectivity index (χ2n) is 14.7. The Balaban J connectivity index is 1.01. The van der Waals surface area contributed by atoms with Gasteiger partial charge < -0.3 is 14.3 Å². The van der Waals surface area contributed by atoms with E-state index >= 15 is 0 Å². The average molecular weight is 716 g/mol. The summed E-state index contributed by atoms with van der Waals surface area (Å²) < 4.78 is 4.82. The molecule has 0 spiro atoms. The molecule has 0 fully saturated rings. The SMILES string of the molecule is c1ccc(C2=NC(c3ccccc3)NC(c3cccc(-n4c5ccccc5c5cc(-c6cc7c8ccccc8n8c9ccccc9c(c6)c78)ccc54)c3)=N2)cc1. The zero-order chi connectivity index (χ0) is 36.7. The van der Waals surface area contributed by atoms with E-state index in [1.165, 1.54) is 60.0 Å². The quantitative estimate of drug-likeness (QED) is 0.189. The number of hydrogen-bond acceptors (Lipinski definition) is 3. The first-order valence-electron chi connectivity index (χ1n) is 19.1. The molecule has 1 N–H and O–H groups in total. The molecule has 0 radical (unpaired) electrons. The van der Waals surface area contributed by atoms with Gasteiger partial charge >= 0.3 is 0 Å². The van der Waals surface area contributed by atoms with Crippen LogP contribution in [0.2, 0.25) is 0 Å². The zero-order valence-corrected chi connectivity index (χ0v) is 30.3. The van der Waals surface area contributed by atoms with Crippen LogP contribution in [-0.2, 0) is 0 Å². The maximum Gasteiger partial charge on any atom is 0.159 e. The molecule has 5 heteroatoms. The van der Waals surface area contributed by atoms with Crippen molar-refractivity contribution in [2.75, 3.05) is 0 Å². The van der Waals surface area contributed by atoms with Crippen molar-refractivity contribution in [2.24, 2.45) is 9.98 Å². The maximum absolute atomic E-state index is 5.10. The topological polar surface area (TPSA) is 46.1 Å². The molecule has 3 aromatic heterocycles. The average Bonchev–Trinajstić information content (AvgIpc) is 3.91. The van der Waals surface area contributed by atoms with E-state index in [1.54, 1.807) is 0 Å². The van der Waals surface area contributed by atoms with Gasteiger partial charge in [-0.05, 0) is 71.3 Å². The summed E-state index contributed by atoms with van der Waals surface area (Å²) in [6.07, 6.45) is -0.261. The minimum absolute atomic E-state index is 0.261. The Kier molecular flexibility index (Phi) is 6.63. The van der Waals surface area contributed by atoms with Crippen LogP contribution in [-0.4, -0.2) is 20.6 Å². The molecule has 4 heterocycles. The van der Waals surface area contributed by atoms with Gasteiger partial charge in [0.15, 0.2) is 5.84 Å². The molecule has 12 rings (SSSR count). The molecular weight excluding hydrogens is 683 g/mol. The lowest BCUT2D eigenvalue weighted by Gasteiger charge is -2.24. The van der Waals surface area contributed by atoms with Crippen molar-refractivity contribution < 1.29 is 0 Å². The van der Waals surface area contributed by atoms with Crippen molar-refractivity contribution >= 4 is 71.6 Å². The van der Waals surface area contributed by atoms with Crippen LogP contribution in [0.25, 0.3) is 76.7 Å². The van der Waals surface area contributed by atoms with Crippen LogP contribution in [0.1, 0.15) is 22.9 Å². The zero-order valence-electron chi connectivity index (χ0n) is 30.3. The molecule has 1 atom stereocenters. The van der Waals surface area contributed by atoms with Gasteiger partial charge in [0.25, 0.3) is 0 Å². The van der Waals surface area contributed by atoms with Gasteiger partial charge in [-0.1, -0.05) is 133 Å². The molecule has 56 heavy (non-hydrogen) atoms. The van der Waals surface area contributed by atoms with Crippen LogP contribution in [0, 0.1) is 0 Å². The van der Waals surface area contributed by atoms with Crippen molar-refractivity contribution in [3.05, 3.63) is 205 Å². The first-order valence-corrected chi connectivity index (χ1v) is 19.1. The van der Waals surface area contributed by atoms with E-state index in [0.29, 0.717) is 5.84 Å². The normalized spacial score (nSPS) is 14.6. The molecule has 1 aliphatic rings. The third-order valence-corrected chi connectivity index (χ3v) is 11.5. The maximum atomic E-state index is 5.10. The fourth-order valence-corrected chi connectivity index (χ4v) is 8.96. The fourth-order valence-electron chi connectivity index (χ4n) is 8.96. The van der Waals surface area contributed by atoms with Crippen LogP contribution in [0.5, 0.6) is 0 Å². The number of hydrogen-bond donors (Lipinski definition) is 1. The molecular formula is C51H33N5. The summed E-state index contributed by atoms with van der Waals surface area (Å²) in [7, 11) is 0. The van der Waals surface area contributed by atoms with E-state index in [2.05, 4.69) is 178 Å². The molecule has 0 saturated heterocycles. The predicted molar refractivity (Wildman–Crippen MR) is 233 cm³/mol. The highest BCUT2D eigenvalue weighted by Crippen LogP contribution is 2.43. The minimum atomic E-state index is -0.261. The van der Waals surface area contributed by atoms with E-state index in [-0.39, 0.29) is 6.17 Å². The van der Waals surface area contributed by atoms with Crippen molar-refractivity contribution in [3.8, 4) is 16.8 Å². The number of rotatable bonds is 5. The summed E-state index contributed by atoms with van der Waals surface area (Å²) in [5.41, 5.74) is 12.7. The molecule has 0 aliphatic carbocycles. The number of amidine groups is 2. The minimum Gasteiger partial charge on any atom is -0.344 e. The van der Waals surface area contributed by atoms with Gasteiger partial charge in [0.2, 0.25) is 0 Å². The van der Waals surface area contributed by atoms with Gasteiger partial charge in [0.1, 0.15) is 12.0 Å². The van der Waals surface area contributed by atoms with E-state index < -0.39 is 0 Å². The number of para-hydroxylation sites is 3. The van der Waals surface area contributed by atoms with Gasteiger partial charge in [-0.15, -0.1) is 0 Å². The van der Waals surface area contributed by atoms with Crippen molar-refractivity contribution in [2.45, 2.75) is 6.17 Å². The smallest absolute Gasteiger partial charge is 0.159 e. The Hall–Kier alpha value is -7.50. The Labute approximate surface area is 322 Å². The first kappa shape index (κ1) is 30.9. The highest BCUT2D eigenvalue weighted by Gasteiger charge is 2.23. The van der Waals surface area contributed by atoms with E-state index in [0.717, 1.165) is 39.2 Å². The molecule has 0 amide bonds. The van der Waals surface area contributed by atoms with Crippen LogP contribution in [0.4, 0.5) is 0 Å². The molecule has 0 saturated carbocycles. The Bertz CT molecular complexity index is 3300. The third kappa shape index (κ3) is 4.61. The lowest BCUT2D eigenvalue weighted by atomic mass is 9.98. The number of nitrogens with zero attached hydrogens (tertiary/aromatic N) is 4. The number of benzene rings is 8. The molecule has 0 bridgehead atoms. The van der Waals surface area contributed by atoms with Crippen LogP contribution >= 0.6 is 0 Å². The Morgan fingerprint density at radius 1 is 0.411 bits per heavy atom. The van der Waals surface area contributed by atoms with Crippen LogP contribution < -0.4 is 5.32 Å². The largest absolute Gasteiger partial charge is 0.344 e. The van der Waals surface area contributed by atoms with Crippen LogP contribution in [0.15, 0.2) is 198 Å². The number of fused-ring (bicyclic) bond motifs is 9. The second kappa shape index (κ2) is 12.0. The summed E-state index contributed by atoms with van der Waals surface area (Å²) in [5, 5.41) is 11.2. The predicted octanol–water partition coefficient (Wildman–Crippen LogP) is 12.1. The number of nitrogens with one attached hydrogen (secondary N) is 1. The van der Waals surface area contributed by atoms with Crippen molar-refractivity contribution in [3.63, 3.8) is 0 Å². The van der Waals surface area contributed by atoms with Crippen molar-refractivity contribution in [1.29, 1.82) is 0 Å². The fraction of sp³-hybridized carbons (Fsp3) is 0.0196. The number of aromatic nitrogens is 2. The monoisotopic (exact) mass is 715 g/mol. The van der Waals surface area contributed by atoms with E-state index in [1.807, 2.05) is 24.3 Å². The Morgan fingerprint density at radius 2 is 0.982 bits per heavy atom. The molecule has 5 nitrogen and oxygen atoms in total. The summed E-state index contributed by atoms with van der Waals surface area (Å²) in [6, 6.07) is 67.3. The number of aliphatic imine (C=N–C) groups is 2. The van der Waals surface area contributed by atoms with Gasteiger partial charge in [-0.2, -0.15) is 0 Å². The summed E-state index contributed by atoms with van der Waals surface area (Å²) in [6.45, 7) is 0. The molecule has 11 aromatic rings. The standard InChI is InChI=1S/C51H33N5/c1-3-14-32(15-4-1)49-52-50(33-16-5-2-6-17-33)54-51(53-49)35-18-13-19-37(28-35)55-44-23-10-7-20-38(44)41-29-34(26-27-47(41)55)36-30-42-39-21-8-11-24-45(39)56-46-25-12-9-22-40(46)43(31-36)48(42)56/h1-31,49H,(H,52,53,54). The Morgan fingerprint density at radius 3 is 1.70 bits per heavy atom. The van der Waals surface area contributed by atoms with Gasteiger partial charge in [0, 0.05) is 49.1 Å². The first-order chi connectivity index (χ1) is 27.8. The lowest BCUT2D eigenvalue weighted by Crippen LogP contribution is -2.33. The third-order valence-electron chi connectivity index (χ3n) is 11.5. The highest BCUT2D eigenvalue weighted by atomic mass is 15.2. The summed E-state index contributed by atoms with van der Waals surface area (Å²) in [5.74, 6) is 1.51. The molecule has 1 aliphatic heterocycles. The molecule has 8 aromatic carbocycles. The van der Waals surface area contributed by atoms with Gasteiger partial charge in [0.05, 0.1) is 27.6 Å². The second-order valence-corrected chi connectivity index (χ2v) is 14.7. The summed E-state index contributed by atoms with van der Waals surface area (Å²) in [4.78, 5) is 10.2. The van der Waals surface area contributed by atoms with Crippen LogP contribution in [0.3, 0.4) is 0 Å². The lowest BCUT2D eigenvalue weighted by molar-refractivity contribution is 0.674. The molecule has 1 unspecified atom stereocenters. The highest BCUT2D eigenvalue weighted by molar-refractivity contribution is 6.24. The van der Waals surface area contributed by atoms with Gasteiger partial charge in [-0.25, -0.2) is 9.98 Å². The van der Waals surface area contributed by atoms with E-state index in [9.17, 15) is 0 Å². The van der Waals surface area contributed by atoms with E-state index in [4.69, 9.17) is 9.98 Å². The van der Waals surface area contributed by atoms with Crippen molar-refractivity contribution in [1.82, 2.24) is 14.3 Å². The molecule has 262 valence electrons.